The minimum atomic E-state index is -0.931. The molecule has 0 bridgehead atoms. The number of hydrogen-bond acceptors (Lipinski definition) is 28. The van der Waals surface area contributed by atoms with E-state index in [1.165, 1.54) is 49.8 Å². The van der Waals surface area contributed by atoms with Crippen molar-refractivity contribution < 1.29 is 73.1 Å². The van der Waals surface area contributed by atoms with Crippen molar-refractivity contribution in [3.8, 4) is 34.4 Å². The number of halogens is 4. The van der Waals surface area contributed by atoms with E-state index < -0.39 is 29.1 Å². The van der Waals surface area contributed by atoms with Crippen LogP contribution in [0.4, 0.5) is 38.8 Å². The van der Waals surface area contributed by atoms with Gasteiger partial charge in [-0.2, -0.15) is 9.97 Å². The molecule has 39 heteroatoms. The van der Waals surface area contributed by atoms with E-state index in [0.29, 0.717) is 94.4 Å². The number of methoxy groups -OCH3 is 4. The van der Waals surface area contributed by atoms with Gasteiger partial charge in [0.2, 0.25) is 22.3 Å². The third-order valence-electron chi connectivity index (χ3n) is 23.4. The Kier molecular flexibility index (Phi) is 33.2. The molecule has 13 heterocycles. The first-order valence-corrected chi connectivity index (χ1v) is 44.2. The minimum Gasteiger partial charge on any atom is -0.496 e. The number of anilines is 5. The summed E-state index contributed by atoms with van der Waals surface area (Å²) < 4.78 is 45.0. The fourth-order valence-corrected chi connectivity index (χ4v) is 16.5. The zero-order chi connectivity index (χ0) is 91.9. The largest absolute Gasteiger partial charge is 0.496 e. The van der Waals surface area contributed by atoms with E-state index >= 15 is 0 Å². The van der Waals surface area contributed by atoms with Crippen molar-refractivity contribution in [3.05, 3.63) is 131 Å². The fraction of sp³-hybridized carbons (Fsp3) is 0.557. The molecule has 2 aromatic carbocycles. The number of likely N-dealkylation sites (tertiary alicyclic amines) is 1. The monoisotopic (exact) mass is 1840 g/mol. The molecule has 4 aliphatic carbocycles. The summed E-state index contributed by atoms with van der Waals surface area (Å²) in [6, 6.07) is 19.2. The molecular formula is C88H122Cl4N20O15. The van der Waals surface area contributed by atoms with Crippen LogP contribution in [0.3, 0.4) is 0 Å². The van der Waals surface area contributed by atoms with Gasteiger partial charge >= 0.3 is 17.5 Å². The van der Waals surface area contributed by atoms with E-state index in [2.05, 4.69) is 92.3 Å². The quantitative estimate of drug-likeness (QED) is 0.0416. The van der Waals surface area contributed by atoms with Gasteiger partial charge in [-0.25, -0.2) is 42.9 Å². The molecule has 4 atom stereocenters. The van der Waals surface area contributed by atoms with Gasteiger partial charge in [-0.15, -0.1) is 15.3 Å². The Balaban J connectivity index is 0.000000147. The second kappa shape index (κ2) is 43.1. The SMILES string of the molecule is CC(C)(C)OC(=O)N1CC2(CC2)C[C@H]1C(=O)O.CC(C)COC(=O)Cl.CC(C)O.CN1CCOCC1.COc1cc(-n2cnc(N)c2)cc(OC)c1OC.COc1cc(-n2cnc(Nc3nc(N4CC5(CC5)C[C@H]4CO)c4cccn4n3)c2)cc(C)c1C.Clc1nc(Cl)c2cccn2n1.OC[C@@H]1CC2(CC2)CN1.OC[C@@H]1CC2(CC2)CN1c1nc(Cl)nn2cccc12. The number of fused-ring (bicyclic) bond motifs is 3. The number of benzene rings is 2. The Hall–Kier alpha value is -9.79. The van der Waals surface area contributed by atoms with E-state index in [0.717, 1.165) is 128 Å². The molecule has 4 spiro atoms. The van der Waals surface area contributed by atoms with Crippen LogP contribution < -0.4 is 45.1 Å². The average Bonchev–Trinajstić information content (AvgIpc) is 1.61. The molecule has 9 aliphatic rings. The molecule has 1 amide bonds. The third kappa shape index (κ3) is 26.5. The Morgan fingerprint density at radius 1 is 0.646 bits per heavy atom. The topological polar surface area (TPSA) is 406 Å². The lowest BCUT2D eigenvalue weighted by Gasteiger charge is -2.26. The highest BCUT2D eigenvalue weighted by Gasteiger charge is 2.57. The number of aliphatic carboxylic acids is 1. The predicted octanol–water partition coefficient (Wildman–Crippen LogP) is 13.2. The summed E-state index contributed by atoms with van der Waals surface area (Å²) in [5.41, 5.74) is 12.5. The number of imidazole rings is 2. The number of aliphatic hydroxyl groups excluding tert-OH is 4. The van der Waals surface area contributed by atoms with Gasteiger partial charge in [0.1, 0.15) is 52.4 Å². The number of ether oxygens (including phenoxy) is 7. The number of carboxylic acid groups (broad SMARTS) is 1. The zero-order valence-electron chi connectivity index (χ0n) is 74.8. The number of nitrogens with zero attached hydrogens (tertiary/aromatic N) is 17. The number of nitrogen functional groups attached to an aromatic ring is 1. The molecule has 9 N–H and O–H groups in total. The van der Waals surface area contributed by atoms with Crippen molar-refractivity contribution in [2.45, 2.75) is 175 Å². The molecule has 8 aromatic heterocycles. The number of rotatable bonds is 16. The molecule has 5 saturated heterocycles. The van der Waals surface area contributed by atoms with E-state index in [1.807, 2.05) is 96.1 Å². The number of carboxylic acids is 1. The number of aryl methyl sites for hydroxylation is 1. The molecule has 692 valence electrons. The highest BCUT2D eigenvalue weighted by atomic mass is 35.5. The molecular weight excluding hydrogens is 1720 g/mol. The number of hydrogen-bond donors (Lipinski definition) is 8. The molecule has 9 fully saturated rings. The number of nitrogens with one attached hydrogen (secondary N) is 2. The maximum Gasteiger partial charge on any atom is 0.411 e. The van der Waals surface area contributed by atoms with Gasteiger partial charge in [0, 0.05) is 99.8 Å². The van der Waals surface area contributed by atoms with Gasteiger partial charge in [0.25, 0.3) is 0 Å². The van der Waals surface area contributed by atoms with Crippen LogP contribution in [0.1, 0.15) is 137 Å². The van der Waals surface area contributed by atoms with Gasteiger partial charge in [-0.1, -0.05) is 25.4 Å². The highest BCUT2D eigenvalue weighted by molar-refractivity contribution is 6.61. The minimum absolute atomic E-state index is 0.0694. The second-order valence-electron chi connectivity index (χ2n) is 35.5. The number of likely N-dealkylation sites (N-methyl/N-ethyl adjacent to an activating group) is 1. The fourth-order valence-electron chi connectivity index (χ4n) is 15.8. The Labute approximate surface area is 760 Å². The number of nitrogens with two attached hydrogens (primary N) is 1. The predicted molar refractivity (Wildman–Crippen MR) is 487 cm³/mol. The van der Waals surface area contributed by atoms with Crippen LogP contribution in [0.25, 0.3) is 27.9 Å². The van der Waals surface area contributed by atoms with Crippen molar-refractivity contribution in [1.29, 1.82) is 0 Å². The summed E-state index contributed by atoms with van der Waals surface area (Å²) in [4.78, 5) is 62.6. The first-order valence-electron chi connectivity index (χ1n) is 42.7. The first-order chi connectivity index (χ1) is 60.5. The number of carbonyl (C=O) groups is 3. The van der Waals surface area contributed by atoms with Gasteiger partial charge in [0.15, 0.2) is 34.1 Å². The molecule has 0 radical (unpaired) electrons. The molecule has 5 aliphatic heterocycles. The third-order valence-corrected chi connectivity index (χ3v) is 24.1. The average molecular weight is 1840 g/mol. The smallest absolute Gasteiger partial charge is 0.411 e. The molecule has 35 nitrogen and oxygen atoms in total. The lowest BCUT2D eigenvalue weighted by molar-refractivity contribution is -0.142. The number of morpholine rings is 1. The van der Waals surface area contributed by atoms with Crippen LogP contribution in [-0.2, 0) is 19.0 Å². The summed E-state index contributed by atoms with van der Waals surface area (Å²) in [7, 11) is 8.51. The summed E-state index contributed by atoms with van der Waals surface area (Å²) in [6.07, 6.45) is 25.5. The summed E-state index contributed by atoms with van der Waals surface area (Å²) in [6.45, 7) is 25.4. The van der Waals surface area contributed by atoms with Crippen LogP contribution in [0, 0.1) is 41.4 Å². The van der Waals surface area contributed by atoms with E-state index in [1.54, 1.807) is 102 Å². The van der Waals surface area contributed by atoms with E-state index in [9.17, 15) is 24.6 Å². The van der Waals surface area contributed by atoms with Crippen molar-refractivity contribution >= 4 is 110 Å². The number of amides is 1. The first kappa shape index (κ1) is 97.8. The van der Waals surface area contributed by atoms with Crippen LogP contribution in [-0.4, -0.2) is 266 Å². The van der Waals surface area contributed by atoms with Gasteiger partial charge in [-0.3, -0.25) is 4.90 Å². The number of carbonyl (C=O) groups excluding carboxylic acids is 2. The molecule has 127 heavy (non-hydrogen) atoms. The van der Waals surface area contributed by atoms with Crippen LogP contribution in [0.15, 0.2) is 104 Å². The number of aliphatic hydroxyl groups is 4. The number of aromatic nitrogens is 13. The molecule has 10 aromatic rings. The molecule has 19 rings (SSSR count). The normalized spacial score (nSPS) is 19.5. The summed E-state index contributed by atoms with van der Waals surface area (Å²) >= 11 is 22.2. The maximum absolute atomic E-state index is 11.9. The lowest BCUT2D eigenvalue weighted by Crippen LogP contribution is -2.43. The van der Waals surface area contributed by atoms with Crippen LogP contribution in [0.2, 0.25) is 15.7 Å². The van der Waals surface area contributed by atoms with Gasteiger partial charge in [-0.05, 0) is 237 Å². The zero-order valence-corrected chi connectivity index (χ0v) is 77.8. The Bertz CT molecular complexity index is 5280. The summed E-state index contributed by atoms with van der Waals surface area (Å²) in [5, 5.41) is 65.6. The van der Waals surface area contributed by atoms with Crippen molar-refractivity contribution in [1.82, 2.24) is 78.0 Å². The lowest BCUT2D eigenvalue weighted by atomic mass is 10.0. The molecule has 4 saturated carbocycles. The summed E-state index contributed by atoms with van der Waals surface area (Å²) in [5.74, 6) is 5.25. The standard InChI is InChI=1S/C25H29N7O2.C13H15ClN4O.C12H15N3O3.C12H19NO4.C7H13NO.C6H3Cl2N3.C5H9ClO2.C5H11NO.C3H8O/c1-16-9-18(10-21(34-3)17(16)2)30-12-22(26-15-30)27-24-28-23(20-5-4-8-32(20)29-24)31-14-25(6-7-25)11-19(31)13-33;14-12-15-11(10-2-1-5-18(10)16-12)17-8-13(3-4-13)6-9(17)7-19;1-16-9-4-8(15-6-11(13)14-7-15)5-10(17-2)12(9)18-3;1-11(2,3)17-10(16)13-7-12(4-5-12)6-8(13)9(14)15;9-4-6-3-7(1-2-7)5-8-6;7-5-4-2-1-3-11(4)10-6(8)9-5;1-4(2)3-8-5(6)7;1-6-2-4-7-5-3-6;1-3(2)4/h4-5,8-10,12,15,19,33H,6-7,11,13-14H2,1-3H3,(H,27,29);1-2,5,9,19H,3-4,6-8H2;4-7H,13H2,1-3H3;8H,4-7H2,1-3H3,(H,14,15);6,8-9H,1-5H2;1-3H;4H,3H2,1-2H3;2-5H2,1H3;3-4H,1-2H3/t19-;9-;;8-;6-;;;;/m00.00..../s1. The maximum atomic E-state index is 11.9. The Morgan fingerprint density at radius 2 is 1.14 bits per heavy atom. The van der Waals surface area contributed by atoms with E-state index in [4.69, 9.17) is 101 Å². The van der Waals surface area contributed by atoms with Crippen molar-refractivity contribution in [3.63, 3.8) is 0 Å². The molecule has 0 unspecified atom stereocenters. The van der Waals surface area contributed by atoms with Crippen LogP contribution >= 0.6 is 46.4 Å². The van der Waals surface area contributed by atoms with E-state index in [-0.39, 0.29) is 47.4 Å². The second-order valence-corrected chi connectivity index (χ2v) is 36.9. The van der Waals surface area contributed by atoms with Gasteiger partial charge < -0.3 is 98.9 Å². The Morgan fingerprint density at radius 3 is 1.59 bits per heavy atom. The highest BCUT2D eigenvalue weighted by Crippen LogP contribution is 2.58. The van der Waals surface area contributed by atoms with Gasteiger partial charge in [0.05, 0.1) is 104 Å². The van der Waals surface area contributed by atoms with Crippen molar-refractivity contribution in [2.24, 2.45) is 27.6 Å². The van der Waals surface area contributed by atoms with Crippen LogP contribution in [0.5, 0.6) is 23.0 Å². The van der Waals surface area contributed by atoms with Crippen molar-refractivity contribution in [2.75, 3.05) is 135 Å².